The summed E-state index contributed by atoms with van der Waals surface area (Å²) in [5.41, 5.74) is 0. The molecular formula is C12H23N3. The van der Waals surface area contributed by atoms with Crippen molar-refractivity contribution in [2.24, 2.45) is 5.92 Å². The van der Waals surface area contributed by atoms with Gasteiger partial charge in [0.15, 0.2) is 0 Å². The van der Waals surface area contributed by atoms with Gasteiger partial charge in [-0.1, -0.05) is 19.8 Å². The Hall–Kier alpha value is -0.590. The van der Waals surface area contributed by atoms with Crippen molar-refractivity contribution < 1.29 is 0 Å². The first-order chi connectivity index (χ1) is 7.30. The number of rotatable bonds is 5. The summed E-state index contributed by atoms with van der Waals surface area (Å²) in [6.45, 7) is 5.49. The average Bonchev–Trinajstić information content (AvgIpc) is 2.28. The highest BCUT2D eigenvalue weighted by atomic mass is 15.1. The normalized spacial score (nSPS) is 21.1. The minimum absolute atomic E-state index is 0.00674. The van der Waals surface area contributed by atoms with Crippen molar-refractivity contribution in [2.75, 3.05) is 26.7 Å². The van der Waals surface area contributed by atoms with Gasteiger partial charge < -0.3 is 10.2 Å². The maximum Gasteiger partial charge on any atom is 0.108 e. The van der Waals surface area contributed by atoms with Crippen molar-refractivity contribution in [1.29, 1.82) is 5.26 Å². The van der Waals surface area contributed by atoms with Gasteiger partial charge in [-0.15, -0.1) is 0 Å². The molecule has 3 nitrogen and oxygen atoms in total. The van der Waals surface area contributed by atoms with E-state index in [2.05, 4.69) is 23.2 Å². The molecule has 0 amide bonds. The topological polar surface area (TPSA) is 39.1 Å². The fraction of sp³-hybridized carbons (Fsp3) is 0.917. The Kier molecular flexibility index (Phi) is 5.67. The molecule has 1 heterocycles. The number of likely N-dealkylation sites (tertiary alicyclic amines) is 1. The number of likely N-dealkylation sites (N-methyl/N-ethyl adjacent to an activating group) is 1. The zero-order valence-electron chi connectivity index (χ0n) is 10.00. The quantitative estimate of drug-likeness (QED) is 0.747. The van der Waals surface area contributed by atoms with E-state index < -0.39 is 0 Å². The summed E-state index contributed by atoms with van der Waals surface area (Å²) < 4.78 is 0. The molecule has 3 heteroatoms. The molecule has 1 aliphatic heterocycles. The Bertz CT molecular complexity index is 201. The van der Waals surface area contributed by atoms with E-state index in [0.717, 1.165) is 12.5 Å². The number of nitrogens with one attached hydrogen (secondary N) is 1. The SMILES string of the molecule is CCCC1CCN(CC(C#N)NC)CC1. The smallest absolute Gasteiger partial charge is 0.108 e. The number of piperidine rings is 1. The van der Waals surface area contributed by atoms with Crippen LogP contribution < -0.4 is 5.32 Å². The van der Waals surface area contributed by atoms with Gasteiger partial charge in [0.1, 0.15) is 6.04 Å². The lowest BCUT2D eigenvalue weighted by atomic mass is 9.92. The molecule has 0 spiro atoms. The summed E-state index contributed by atoms with van der Waals surface area (Å²) in [6, 6.07) is 2.28. The van der Waals surface area contributed by atoms with Crippen LogP contribution in [0.4, 0.5) is 0 Å². The standard InChI is InChI=1S/C12H23N3/c1-3-4-11-5-7-15(8-6-11)10-12(9-13)14-2/h11-12,14H,3-8,10H2,1-2H3. The predicted octanol–water partition coefficient (Wildman–Crippen LogP) is 1.61. The van der Waals surface area contributed by atoms with Crippen LogP contribution in [0.25, 0.3) is 0 Å². The summed E-state index contributed by atoms with van der Waals surface area (Å²) in [6.07, 6.45) is 5.31. The zero-order valence-corrected chi connectivity index (χ0v) is 10.00. The van der Waals surface area contributed by atoms with Crippen LogP contribution in [-0.2, 0) is 0 Å². The molecule has 0 aromatic heterocycles. The molecule has 1 N–H and O–H groups in total. The van der Waals surface area contributed by atoms with E-state index in [-0.39, 0.29) is 6.04 Å². The van der Waals surface area contributed by atoms with Gasteiger partial charge in [-0.05, 0) is 38.9 Å². The molecule has 1 atom stereocenters. The Morgan fingerprint density at radius 1 is 1.47 bits per heavy atom. The van der Waals surface area contributed by atoms with Crippen LogP contribution in [0, 0.1) is 17.2 Å². The van der Waals surface area contributed by atoms with E-state index >= 15 is 0 Å². The van der Waals surface area contributed by atoms with Crippen molar-refractivity contribution in [2.45, 2.75) is 38.6 Å². The maximum absolute atomic E-state index is 8.85. The van der Waals surface area contributed by atoms with Crippen molar-refractivity contribution >= 4 is 0 Å². The minimum atomic E-state index is -0.00674. The first-order valence-electron chi connectivity index (χ1n) is 6.09. The van der Waals surface area contributed by atoms with Crippen molar-refractivity contribution in [1.82, 2.24) is 10.2 Å². The van der Waals surface area contributed by atoms with Gasteiger partial charge in [0.25, 0.3) is 0 Å². The Morgan fingerprint density at radius 2 is 2.13 bits per heavy atom. The average molecular weight is 209 g/mol. The third kappa shape index (κ3) is 4.19. The summed E-state index contributed by atoms with van der Waals surface area (Å²) in [4.78, 5) is 2.41. The highest BCUT2D eigenvalue weighted by molar-refractivity contribution is 4.91. The third-order valence-corrected chi connectivity index (χ3v) is 3.35. The minimum Gasteiger partial charge on any atom is -0.304 e. The molecule has 0 bridgehead atoms. The van der Waals surface area contributed by atoms with Gasteiger partial charge >= 0.3 is 0 Å². The molecule has 1 saturated heterocycles. The van der Waals surface area contributed by atoms with Gasteiger partial charge in [0, 0.05) is 6.54 Å². The number of nitriles is 1. The monoisotopic (exact) mass is 209 g/mol. The van der Waals surface area contributed by atoms with Gasteiger partial charge in [-0.3, -0.25) is 0 Å². The van der Waals surface area contributed by atoms with Gasteiger partial charge in [0.05, 0.1) is 6.07 Å². The molecule has 15 heavy (non-hydrogen) atoms. The van der Waals surface area contributed by atoms with E-state index in [1.54, 1.807) is 0 Å². The molecule has 0 aromatic carbocycles. The highest BCUT2D eigenvalue weighted by Gasteiger charge is 2.20. The van der Waals surface area contributed by atoms with Gasteiger partial charge in [-0.2, -0.15) is 5.26 Å². The molecule has 0 saturated carbocycles. The van der Waals surface area contributed by atoms with Crippen LogP contribution in [0.15, 0.2) is 0 Å². The van der Waals surface area contributed by atoms with E-state index in [0.29, 0.717) is 0 Å². The van der Waals surface area contributed by atoms with Gasteiger partial charge in [-0.25, -0.2) is 0 Å². The Morgan fingerprint density at radius 3 is 2.60 bits per heavy atom. The fourth-order valence-electron chi connectivity index (χ4n) is 2.32. The second-order valence-electron chi connectivity index (χ2n) is 4.50. The number of nitrogens with zero attached hydrogens (tertiary/aromatic N) is 2. The van der Waals surface area contributed by atoms with Crippen LogP contribution in [0.1, 0.15) is 32.6 Å². The second kappa shape index (κ2) is 6.81. The largest absolute Gasteiger partial charge is 0.304 e. The van der Waals surface area contributed by atoms with Crippen molar-refractivity contribution in [3.05, 3.63) is 0 Å². The second-order valence-corrected chi connectivity index (χ2v) is 4.50. The van der Waals surface area contributed by atoms with Crippen LogP contribution >= 0.6 is 0 Å². The molecule has 0 radical (unpaired) electrons. The molecule has 1 unspecified atom stereocenters. The molecule has 0 aliphatic carbocycles. The fourth-order valence-corrected chi connectivity index (χ4v) is 2.32. The lowest BCUT2D eigenvalue weighted by Gasteiger charge is -2.32. The summed E-state index contributed by atoms with van der Waals surface area (Å²) in [5, 5.41) is 11.9. The number of hydrogen-bond donors (Lipinski definition) is 1. The summed E-state index contributed by atoms with van der Waals surface area (Å²) in [7, 11) is 1.86. The highest BCUT2D eigenvalue weighted by Crippen LogP contribution is 2.21. The van der Waals surface area contributed by atoms with Crippen molar-refractivity contribution in [3.63, 3.8) is 0 Å². The van der Waals surface area contributed by atoms with Crippen LogP contribution in [0.2, 0.25) is 0 Å². The van der Waals surface area contributed by atoms with E-state index in [1.165, 1.54) is 38.8 Å². The molecule has 0 aromatic rings. The van der Waals surface area contributed by atoms with Crippen LogP contribution in [-0.4, -0.2) is 37.6 Å². The summed E-state index contributed by atoms with van der Waals surface area (Å²) >= 11 is 0. The maximum atomic E-state index is 8.85. The summed E-state index contributed by atoms with van der Waals surface area (Å²) in [5.74, 6) is 0.932. The van der Waals surface area contributed by atoms with Crippen LogP contribution in [0.3, 0.4) is 0 Å². The molecule has 1 aliphatic rings. The van der Waals surface area contributed by atoms with Crippen molar-refractivity contribution in [3.8, 4) is 6.07 Å². The molecular weight excluding hydrogens is 186 g/mol. The lowest BCUT2D eigenvalue weighted by Crippen LogP contribution is -2.42. The van der Waals surface area contributed by atoms with E-state index in [4.69, 9.17) is 5.26 Å². The first kappa shape index (κ1) is 12.5. The van der Waals surface area contributed by atoms with E-state index in [1.807, 2.05) is 7.05 Å². The lowest BCUT2D eigenvalue weighted by molar-refractivity contribution is 0.172. The zero-order chi connectivity index (χ0) is 11.1. The predicted molar refractivity (Wildman–Crippen MR) is 62.5 cm³/mol. The third-order valence-electron chi connectivity index (χ3n) is 3.35. The van der Waals surface area contributed by atoms with E-state index in [9.17, 15) is 0 Å². The molecule has 1 fully saturated rings. The Labute approximate surface area is 93.5 Å². The van der Waals surface area contributed by atoms with Gasteiger partial charge in [0.2, 0.25) is 0 Å². The molecule has 1 rings (SSSR count). The number of hydrogen-bond acceptors (Lipinski definition) is 3. The first-order valence-corrected chi connectivity index (χ1v) is 6.09. The molecule has 86 valence electrons. The van der Waals surface area contributed by atoms with Crippen LogP contribution in [0.5, 0.6) is 0 Å². The Balaban J connectivity index is 2.22.